The van der Waals surface area contributed by atoms with E-state index in [4.69, 9.17) is 0 Å². The highest BCUT2D eigenvalue weighted by Gasteiger charge is 2.24. The van der Waals surface area contributed by atoms with Gasteiger partial charge in [0.1, 0.15) is 0 Å². The minimum absolute atomic E-state index is 0.161. The summed E-state index contributed by atoms with van der Waals surface area (Å²) in [5, 5.41) is 10.1. The third-order valence-corrected chi connectivity index (χ3v) is 5.65. The highest BCUT2D eigenvalue weighted by Crippen LogP contribution is 2.22. The first-order valence-corrected chi connectivity index (χ1v) is 9.59. The largest absolute Gasteiger partial charge is 0.337 e. The number of rotatable bonds is 7. The van der Waals surface area contributed by atoms with Crippen molar-refractivity contribution in [3.63, 3.8) is 0 Å². The second kappa shape index (κ2) is 7.36. The Balaban J connectivity index is 1.89. The maximum atomic E-state index is 12.2. The van der Waals surface area contributed by atoms with Gasteiger partial charge in [-0.15, -0.1) is 10.2 Å². The molecule has 0 aliphatic rings. The van der Waals surface area contributed by atoms with E-state index in [1.165, 1.54) is 0 Å². The van der Waals surface area contributed by atoms with Crippen LogP contribution in [0.4, 0.5) is 5.13 Å². The Morgan fingerprint density at radius 3 is 2.71 bits per heavy atom. The van der Waals surface area contributed by atoms with Crippen LogP contribution in [-0.2, 0) is 21.4 Å². The number of nitrogens with one attached hydrogen (secondary N) is 2. The van der Waals surface area contributed by atoms with Gasteiger partial charge in [0.05, 0.1) is 6.33 Å². The highest BCUT2D eigenvalue weighted by molar-refractivity contribution is 7.91. The molecule has 2 aromatic heterocycles. The molecule has 11 heteroatoms. The molecule has 2 N–H and O–H groups in total. The number of nitrogens with zero attached hydrogens (tertiary/aromatic N) is 4. The van der Waals surface area contributed by atoms with E-state index in [0.717, 1.165) is 11.3 Å². The lowest BCUT2D eigenvalue weighted by Crippen LogP contribution is -2.27. The fourth-order valence-corrected chi connectivity index (χ4v) is 3.61. The van der Waals surface area contributed by atoms with Crippen molar-refractivity contribution < 1.29 is 13.2 Å². The average molecular weight is 372 g/mol. The number of aryl methyl sites for hydroxylation is 1. The molecule has 9 nitrogen and oxygen atoms in total. The van der Waals surface area contributed by atoms with Gasteiger partial charge in [-0.1, -0.05) is 32.1 Å². The lowest BCUT2D eigenvalue weighted by molar-refractivity contribution is -0.123. The zero-order valence-electron chi connectivity index (χ0n) is 13.7. The standard InChI is InChI=1S/C13H20N6O3S2/c1-13(2,3)10(20)16-11-17-18-12(23-11)24(21,22)15-5-4-7-19-8-6-14-9-19/h6,8-9,15H,4-5,7H2,1-3H3,(H,16,17,20). The van der Waals surface area contributed by atoms with Crippen LogP contribution in [0.1, 0.15) is 27.2 Å². The lowest BCUT2D eigenvalue weighted by atomic mass is 9.96. The molecule has 0 saturated carbocycles. The zero-order chi connectivity index (χ0) is 17.8. The number of hydrogen-bond donors (Lipinski definition) is 2. The van der Waals surface area contributed by atoms with E-state index < -0.39 is 15.4 Å². The van der Waals surface area contributed by atoms with Crippen LogP contribution in [0.3, 0.4) is 0 Å². The van der Waals surface area contributed by atoms with Crippen LogP contribution in [-0.4, -0.2) is 40.6 Å². The quantitative estimate of drug-likeness (QED) is 0.555. The number of anilines is 1. The number of hydrogen-bond acceptors (Lipinski definition) is 7. The molecule has 0 spiro atoms. The summed E-state index contributed by atoms with van der Waals surface area (Å²) in [4.78, 5) is 15.8. The summed E-state index contributed by atoms with van der Waals surface area (Å²) in [7, 11) is -3.73. The topological polar surface area (TPSA) is 119 Å². The van der Waals surface area contributed by atoms with Gasteiger partial charge in [-0.3, -0.25) is 4.79 Å². The van der Waals surface area contributed by atoms with Crippen LogP contribution in [0.15, 0.2) is 23.1 Å². The Morgan fingerprint density at radius 2 is 2.08 bits per heavy atom. The summed E-state index contributed by atoms with van der Waals surface area (Å²) >= 11 is 0.820. The molecule has 2 rings (SSSR count). The molecule has 0 radical (unpaired) electrons. The monoisotopic (exact) mass is 372 g/mol. The van der Waals surface area contributed by atoms with Crippen LogP contribution >= 0.6 is 11.3 Å². The fraction of sp³-hybridized carbons (Fsp3) is 0.538. The number of imidazole rings is 1. The molecule has 2 aromatic rings. The molecular formula is C13H20N6O3S2. The molecule has 132 valence electrons. The van der Waals surface area contributed by atoms with E-state index in [1.807, 2.05) is 10.8 Å². The van der Waals surface area contributed by atoms with E-state index in [-0.39, 0.29) is 21.9 Å². The third kappa shape index (κ3) is 5.08. The van der Waals surface area contributed by atoms with Crippen molar-refractivity contribution in [3.05, 3.63) is 18.7 Å². The van der Waals surface area contributed by atoms with Crippen molar-refractivity contribution in [1.82, 2.24) is 24.5 Å². The number of amides is 1. The Kier molecular flexibility index (Phi) is 5.67. The van der Waals surface area contributed by atoms with Crippen molar-refractivity contribution in [2.24, 2.45) is 5.41 Å². The lowest BCUT2D eigenvalue weighted by Gasteiger charge is -2.15. The summed E-state index contributed by atoms with van der Waals surface area (Å²) in [5.74, 6) is -0.254. The van der Waals surface area contributed by atoms with E-state index in [0.29, 0.717) is 13.0 Å². The Morgan fingerprint density at radius 1 is 1.33 bits per heavy atom. The van der Waals surface area contributed by atoms with Crippen molar-refractivity contribution in [1.29, 1.82) is 0 Å². The van der Waals surface area contributed by atoms with Gasteiger partial charge < -0.3 is 9.88 Å². The number of carbonyl (C=O) groups excluding carboxylic acids is 1. The van der Waals surface area contributed by atoms with E-state index >= 15 is 0 Å². The normalized spacial score (nSPS) is 12.3. The van der Waals surface area contributed by atoms with Gasteiger partial charge in [-0.2, -0.15) is 0 Å². The zero-order valence-corrected chi connectivity index (χ0v) is 15.3. The number of aromatic nitrogens is 4. The molecule has 0 atom stereocenters. The summed E-state index contributed by atoms with van der Waals surface area (Å²) in [6, 6.07) is 0. The Bertz CT molecular complexity index is 777. The van der Waals surface area contributed by atoms with Gasteiger partial charge in [-0.25, -0.2) is 18.1 Å². The van der Waals surface area contributed by atoms with Crippen LogP contribution in [0.2, 0.25) is 0 Å². The third-order valence-electron chi connectivity index (χ3n) is 2.98. The summed E-state index contributed by atoms with van der Waals surface area (Å²) < 4.78 is 28.5. The van der Waals surface area contributed by atoms with Crippen molar-refractivity contribution in [3.8, 4) is 0 Å². The van der Waals surface area contributed by atoms with Crippen molar-refractivity contribution in [2.75, 3.05) is 11.9 Å². The fourth-order valence-electron chi connectivity index (χ4n) is 1.60. The molecular weight excluding hydrogens is 352 g/mol. The van der Waals surface area contributed by atoms with Gasteiger partial charge in [0.25, 0.3) is 10.0 Å². The summed E-state index contributed by atoms with van der Waals surface area (Å²) in [5.41, 5.74) is -0.601. The van der Waals surface area contributed by atoms with Gasteiger partial charge in [-0.05, 0) is 6.42 Å². The molecule has 0 aliphatic carbocycles. The van der Waals surface area contributed by atoms with Crippen LogP contribution in [0.25, 0.3) is 0 Å². The molecule has 0 aromatic carbocycles. The number of sulfonamides is 1. The first-order chi connectivity index (χ1) is 11.2. The maximum absolute atomic E-state index is 12.2. The van der Waals surface area contributed by atoms with Crippen molar-refractivity contribution >= 4 is 32.4 Å². The second-order valence-corrected chi connectivity index (χ2v) is 9.05. The highest BCUT2D eigenvalue weighted by atomic mass is 32.2. The minimum atomic E-state index is -3.73. The van der Waals surface area contributed by atoms with Crippen LogP contribution in [0, 0.1) is 5.41 Å². The molecule has 0 unspecified atom stereocenters. The van der Waals surface area contributed by atoms with E-state index in [2.05, 4.69) is 25.2 Å². The molecule has 0 bridgehead atoms. The van der Waals surface area contributed by atoms with Crippen LogP contribution in [0.5, 0.6) is 0 Å². The smallest absolute Gasteiger partial charge is 0.269 e. The SMILES string of the molecule is CC(C)(C)C(=O)Nc1nnc(S(=O)(=O)NCCCn2ccnc2)s1. The summed E-state index contributed by atoms with van der Waals surface area (Å²) in [6.07, 6.45) is 5.76. The van der Waals surface area contributed by atoms with E-state index in [9.17, 15) is 13.2 Å². The first-order valence-electron chi connectivity index (χ1n) is 7.29. The molecule has 2 heterocycles. The molecule has 0 saturated heterocycles. The maximum Gasteiger partial charge on any atom is 0.269 e. The second-order valence-electron chi connectivity index (χ2n) is 6.13. The van der Waals surface area contributed by atoms with Gasteiger partial charge in [0, 0.05) is 30.9 Å². The molecule has 1 amide bonds. The van der Waals surface area contributed by atoms with Crippen molar-refractivity contribution in [2.45, 2.75) is 38.1 Å². The molecule has 24 heavy (non-hydrogen) atoms. The van der Waals surface area contributed by atoms with Gasteiger partial charge in [0.15, 0.2) is 0 Å². The first kappa shape index (κ1) is 18.5. The Hall–Kier alpha value is -1.85. The molecule has 0 fully saturated rings. The predicted octanol–water partition coefficient (Wildman–Crippen LogP) is 1.09. The molecule has 0 aliphatic heterocycles. The van der Waals surface area contributed by atoms with Gasteiger partial charge >= 0.3 is 0 Å². The van der Waals surface area contributed by atoms with E-state index in [1.54, 1.807) is 33.3 Å². The predicted molar refractivity (Wildman–Crippen MR) is 90.0 cm³/mol. The van der Waals surface area contributed by atoms with Gasteiger partial charge in [0.2, 0.25) is 15.4 Å². The minimum Gasteiger partial charge on any atom is -0.337 e. The van der Waals surface area contributed by atoms with Crippen LogP contribution < -0.4 is 10.0 Å². The Labute approximate surface area is 144 Å². The summed E-state index contributed by atoms with van der Waals surface area (Å²) in [6.45, 7) is 6.18. The number of carbonyl (C=O) groups is 1. The average Bonchev–Trinajstić information content (AvgIpc) is 3.14.